The number of likely N-dealkylation sites (tertiary alicyclic amines) is 1. The van der Waals surface area contributed by atoms with Crippen LogP contribution in [0.2, 0.25) is 0 Å². The predicted molar refractivity (Wildman–Crippen MR) is 159 cm³/mol. The lowest BCUT2D eigenvalue weighted by atomic mass is 10.1. The van der Waals surface area contributed by atoms with E-state index in [1.807, 2.05) is 20.8 Å². The van der Waals surface area contributed by atoms with E-state index in [4.69, 9.17) is 15.2 Å². The van der Waals surface area contributed by atoms with Crippen molar-refractivity contribution in [2.45, 2.75) is 44.9 Å². The highest BCUT2D eigenvalue weighted by Crippen LogP contribution is 2.27. The molecular weight excluding hydrogens is 569 g/mol. The lowest BCUT2D eigenvalue weighted by Crippen LogP contribution is -2.35. The molecule has 2 atom stereocenters. The molecule has 4 aromatic rings. The monoisotopic (exact) mass is 601 g/mol. The molecule has 1 aliphatic rings. The normalized spacial score (nSPS) is 15.5. The van der Waals surface area contributed by atoms with Crippen molar-refractivity contribution in [3.05, 3.63) is 90.3 Å². The van der Waals surface area contributed by atoms with E-state index in [1.54, 1.807) is 52.3 Å². The van der Waals surface area contributed by atoms with Gasteiger partial charge in [0, 0.05) is 36.1 Å². The number of aromatic nitrogens is 4. The summed E-state index contributed by atoms with van der Waals surface area (Å²) < 4.78 is 26.2. The van der Waals surface area contributed by atoms with Crippen molar-refractivity contribution in [1.29, 1.82) is 0 Å². The van der Waals surface area contributed by atoms with E-state index in [1.165, 1.54) is 30.5 Å². The Bertz CT molecular complexity index is 1650. The lowest BCUT2D eigenvalue weighted by molar-refractivity contribution is -0.125. The van der Waals surface area contributed by atoms with E-state index in [-0.39, 0.29) is 23.6 Å². The fourth-order valence-electron chi connectivity index (χ4n) is 4.61. The molecule has 0 aliphatic carbocycles. The van der Waals surface area contributed by atoms with Gasteiger partial charge in [-0.2, -0.15) is 5.10 Å². The van der Waals surface area contributed by atoms with E-state index in [9.17, 15) is 18.8 Å². The summed E-state index contributed by atoms with van der Waals surface area (Å²) in [6.45, 7) is 6.42. The number of esters is 1. The Labute approximate surface area is 253 Å². The molecule has 3 N–H and O–H groups in total. The summed E-state index contributed by atoms with van der Waals surface area (Å²) in [6, 6.07) is 13.5. The van der Waals surface area contributed by atoms with Crippen molar-refractivity contribution < 1.29 is 28.2 Å². The number of amides is 2. The molecule has 1 unspecified atom stereocenters. The van der Waals surface area contributed by atoms with Crippen molar-refractivity contribution >= 4 is 29.5 Å². The lowest BCUT2D eigenvalue weighted by Gasteiger charge is -2.24. The fourth-order valence-corrected chi connectivity index (χ4v) is 4.61. The molecule has 228 valence electrons. The number of carbonyl (C=O) groups is 3. The second-order valence-electron chi connectivity index (χ2n) is 11.3. The van der Waals surface area contributed by atoms with Gasteiger partial charge in [-0.05, 0) is 51.5 Å². The van der Waals surface area contributed by atoms with E-state index >= 15 is 0 Å². The SMILES string of the molecule is CC(C)(C)OC(=O)N1CC[C@H](n2cc(-c3cnc(N)c(C(=O)OC(C(=O)Nc4ccc(F)cc4)c4ccccc4)n3)cn2)C1. The standard InChI is InChI=1S/C31H32FN7O5/c1-31(2,3)44-30(42)38-14-13-23(18-38)39-17-20(15-35-39)24-16-34-27(33)25(37-24)29(41)43-26(19-7-5-4-6-8-19)28(40)36-22-11-9-21(32)10-12-22/h4-12,15-17,23,26H,13-14,18H2,1-3H3,(H2,33,34)(H,36,40)/t23-,26?/m0/s1. The summed E-state index contributed by atoms with van der Waals surface area (Å²) >= 11 is 0. The number of nitrogen functional groups attached to an aromatic ring is 1. The third-order valence-electron chi connectivity index (χ3n) is 6.76. The Balaban J connectivity index is 1.32. The Kier molecular flexibility index (Phi) is 8.56. The minimum absolute atomic E-state index is 0.0753. The quantitative estimate of drug-likeness (QED) is 0.285. The van der Waals surface area contributed by atoms with Crippen LogP contribution in [0.25, 0.3) is 11.3 Å². The Morgan fingerprint density at radius 1 is 1.07 bits per heavy atom. The first-order valence-electron chi connectivity index (χ1n) is 13.9. The number of nitrogens with two attached hydrogens (primary N) is 1. The Morgan fingerprint density at radius 2 is 1.80 bits per heavy atom. The zero-order valence-corrected chi connectivity index (χ0v) is 24.4. The highest BCUT2D eigenvalue weighted by Gasteiger charge is 2.32. The fraction of sp³-hybridized carbons (Fsp3) is 0.290. The summed E-state index contributed by atoms with van der Waals surface area (Å²) in [7, 11) is 0. The molecule has 0 radical (unpaired) electrons. The molecule has 0 spiro atoms. The van der Waals surface area contributed by atoms with Crippen LogP contribution in [-0.2, 0) is 14.3 Å². The molecule has 13 heteroatoms. The van der Waals surface area contributed by atoms with Crippen LogP contribution in [0.5, 0.6) is 0 Å². The smallest absolute Gasteiger partial charge is 0.410 e. The first kappa shape index (κ1) is 30.1. The minimum atomic E-state index is -1.36. The van der Waals surface area contributed by atoms with Gasteiger partial charge < -0.3 is 25.4 Å². The van der Waals surface area contributed by atoms with Crippen LogP contribution in [0.4, 0.5) is 20.7 Å². The van der Waals surface area contributed by atoms with Gasteiger partial charge in [0.15, 0.2) is 11.5 Å². The average Bonchev–Trinajstić information content (AvgIpc) is 3.67. The second-order valence-corrected chi connectivity index (χ2v) is 11.3. The summed E-state index contributed by atoms with van der Waals surface area (Å²) in [5.74, 6) is -2.26. The van der Waals surface area contributed by atoms with Gasteiger partial charge in [0.2, 0.25) is 6.10 Å². The van der Waals surface area contributed by atoms with Crippen molar-refractivity contribution in [1.82, 2.24) is 24.6 Å². The highest BCUT2D eigenvalue weighted by atomic mass is 19.1. The van der Waals surface area contributed by atoms with Crippen LogP contribution >= 0.6 is 0 Å². The first-order chi connectivity index (χ1) is 21.0. The Morgan fingerprint density at radius 3 is 2.50 bits per heavy atom. The third kappa shape index (κ3) is 7.17. The predicted octanol–water partition coefficient (Wildman–Crippen LogP) is 4.78. The van der Waals surface area contributed by atoms with Crippen LogP contribution in [0.3, 0.4) is 0 Å². The molecule has 2 amide bonds. The highest BCUT2D eigenvalue weighted by molar-refractivity contribution is 5.99. The van der Waals surface area contributed by atoms with Crippen LogP contribution in [0.1, 0.15) is 55.4 Å². The summed E-state index contributed by atoms with van der Waals surface area (Å²) in [6.07, 6.45) is 3.68. The van der Waals surface area contributed by atoms with Gasteiger partial charge in [-0.3, -0.25) is 9.48 Å². The van der Waals surface area contributed by atoms with Gasteiger partial charge in [0.25, 0.3) is 5.91 Å². The molecule has 12 nitrogen and oxygen atoms in total. The molecule has 1 aliphatic heterocycles. The van der Waals surface area contributed by atoms with Crippen molar-refractivity contribution in [2.75, 3.05) is 24.1 Å². The number of rotatable bonds is 7. The molecule has 1 saturated heterocycles. The maximum Gasteiger partial charge on any atom is 0.410 e. The zero-order valence-electron chi connectivity index (χ0n) is 24.4. The summed E-state index contributed by atoms with van der Waals surface area (Å²) in [4.78, 5) is 49.2. The van der Waals surface area contributed by atoms with Gasteiger partial charge in [0.1, 0.15) is 11.4 Å². The number of ether oxygens (including phenoxy) is 2. The molecule has 0 bridgehead atoms. The van der Waals surface area contributed by atoms with Crippen molar-refractivity contribution in [3.8, 4) is 11.3 Å². The second kappa shape index (κ2) is 12.5. The van der Waals surface area contributed by atoms with Crippen LogP contribution in [-0.4, -0.2) is 61.3 Å². The van der Waals surface area contributed by atoms with Gasteiger partial charge in [-0.25, -0.2) is 23.9 Å². The number of nitrogens with zero attached hydrogens (tertiary/aromatic N) is 5. The number of benzene rings is 2. The molecular formula is C31H32FN7O5. The minimum Gasteiger partial charge on any atom is -0.444 e. The van der Waals surface area contributed by atoms with Gasteiger partial charge in [-0.1, -0.05) is 30.3 Å². The Hall–Kier alpha value is -5.33. The average molecular weight is 602 g/mol. The molecule has 0 saturated carbocycles. The van der Waals surface area contributed by atoms with Gasteiger partial charge in [0.05, 0.1) is 24.1 Å². The van der Waals surface area contributed by atoms with E-state index < -0.39 is 29.4 Å². The molecule has 44 heavy (non-hydrogen) atoms. The maximum atomic E-state index is 13.3. The number of carbonyl (C=O) groups excluding carboxylic acids is 3. The largest absolute Gasteiger partial charge is 0.444 e. The van der Waals surface area contributed by atoms with E-state index in [0.29, 0.717) is 42.0 Å². The topological polar surface area (TPSA) is 155 Å². The van der Waals surface area contributed by atoms with Crippen LogP contribution in [0.15, 0.2) is 73.2 Å². The van der Waals surface area contributed by atoms with Crippen molar-refractivity contribution in [2.24, 2.45) is 0 Å². The van der Waals surface area contributed by atoms with Crippen LogP contribution in [0, 0.1) is 5.82 Å². The van der Waals surface area contributed by atoms with E-state index in [0.717, 1.165) is 0 Å². The number of anilines is 2. The van der Waals surface area contributed by atoms with Crippen LogP contribution < -0.4 is 11.1 Å². The number of halogens is 1. The van der Waals surface area contributed by atoms with E-state index in [2.05, 4.69) is 20.4 Å². The molecule has 1 fully saturated rings. The zero-order chi connectivity index (χ0) is 31.4. The summed E-state index contributed by atoms with van der Waals surface area (Å²) in [5, 5.41) is 7.08. The number of hydrogen-bond acceptors (Lipinski definition) is 9. The summed E-state index contributed by atoms with van der Waals surface area (Å²) in [5.41, 5.74) is 6.75. The number of hydrogen-bond donors (Lipinski definition) is 2. The number of nitrogens with one attached hydrogen (secondary N) is 1. The van der Waals surface area contributed by atoms with Crippen molar-refractivity contribution in [3.63, 3.8) is 0 Å². The maximum absolute atomic E-state index is 13.3. The molecule has 5 rings (SSSR count). The first-order valence-corrected chi connectivity index (χ1v) is 13.9. The third-order valence-corrected chi connectivity index (χ3v) is 6.76. The molecule has 2 aromatic carbocycles. The van der Waals surface area contributed by atoms with Gasteiger partial charge >= 0.3 is 12.1 Å². The molecule has 3 heterocycles. The van der Waals surface area contributed by atoms with Gasteiger partial charge in [-0.15, -0.1) is 0 Å². The molecule has 2 aromatic heterocycles.